The van der Waals surface area contributed by atoms with Gasteiger partial charge in [-0.15, -0.1) is 0 Å². The number of aliphatic hydroxyl groups is 1. The fourth-order valence-electron chi connectivity index (χ4n) is 3.66. The Labute approximate surface area is 199 Å². The number of aromatic amines is 1. The van der Waals surface area contributed by atoms with Gasteiger partial charge in [0.25, 0.3) is 0 Å². The van der Waals surface area contributed by atoms with Gasteiger partial charge in [-0.25, -0.2) is 8.42 Å². The van der Waals surface area contributed by atoms with Gasteiger partial charge in [-0.3, -0.25) is 9.52 Å². The van der Waals surface area contributed by atoms with Crippen molar-refractivity contribution < 1.29 is 27.8 Å². The molecule has 0 radical (unpaired) electrons. The van der Waals surface area contributed by atoms with Gasteiger partial charge in [-0.1, -0.05) is 12.1 Å². The summed E-state index contributed by atoms with van der Waals surface area (Å²) in [5.41, 5.74) is 3.74. The number of rotatable bonds is 12. The molecule has 0 aliphatic carbocycles. The largest absolute Gasteiger partial charge is 0.492 e. The molecule has 0 unspecified atom stereocenters. The molecule has 9 nitrogen and oxygen atoms in total. The summed E-state index contributed by atoms with van der Waals surface area (Å²) in [6.45, 7) is 5.26. The number of aryl methyl sites for hydroxylation is 1. The molecule has 184 valence electrons. The fourth-order valence-corrected chi connectivity index (χ4v) is 4.22. The molecule has 0 saturated carbocycles. The van der Waals surface area contributed by atoms with Crippen molar-refractivity contribution in [1.82, 2.24) is 10.3 Å². The number of hydrogen-bond donors (Lipinski definition) is 4. The van der Waals surface area contributed by atoms with Gasteiger partial charge >= 0.3 is 5.97 Å². The first-order chi connectivity index (χ1) is 16.2. The Hall–Kier alpha value is -3.08. The number of carbonyl (C=O) groups is 1. The zero-order valence-corrected chi connectivity index (χ0v) is 20.4. The molecule has 0 fully saturated rings. The predicted octanol–water partition coefficient (Wildman–Crippen LogP) is 2.66. The molecule has 0 bridgehead atoms. The lowest BCUT2D eigenvalue weighted by Crippen LogP contribution is -2.26. The number of nitrogens with one attached hydrogen (secondary N) is 3. The smallest absolute Gasteiger partial charge is 0.310 e. The zero-order valence-electron chi connectivity index (χ0n) is 19.6. The van der Waals surface area contributed by atoms with E-state index in [9.17, 15) is 18.3 Å². The normalized spacial score (nSPS) is 12.5. The van der Waals surface area contributed by atoms with E-state index in [0.29, 0.717) is 36.8 Å². The summed E-state index contributed by atoms with van der Waals surface area (Å²) in [5.74, 6) is 0.441. The van der Waals surface area contributed by atoms with Crippen molar-refractivity contribution in [2.24, 2.45) is 0 Å². The minimum Gasteiger partial charge on any atom is -0.492 e. The van der Waals surface area contributed by atoms with Gasteiger partial charge in [-0.05, 0) is 49.2 Å². The maximum Gasteiger partial charge on any atom is 0.310 e. The molecular weight excluding hydrogens is 458 g/mol. The van der Waals surface area contributed by atoms with Gasteiger partial charge in [-0.2, -0.15) is 0 Å². The van der Waals surface area contributed by atoms with Crippen LogP contribution in [0, 0.1) is 6.92 Å². The highest BCUT2D eigenvalue weighted by atomic mass is 32.2. The summed E-state index contributed by atoms with van der Waals surface area (Å²) in [7, 11) is -3.38. The van der Waals surface area contributed by atoms with Crippen LogP contribution in [0.3, 0.4) is 0 Å². The minimum atomic E-state index is -3.38. The number of aliphatic hydroxyl groups excluding tert-OH is 1. The van der Waals surface area contributed by atoms with Crippen LogP contribution in [0.25, 0.3) is 10.9 Å². The number of hydrogen-bond acceptors (Lipinski definition) is 7. The number of aromatic nitrogens is 1. The second-order valence-electron chi connectivity index (χ2n) is 7.99. The second-order valence-corrected chi connectivity index (χ2v) is 9.73. The highest BCUT2D eigenvalue weighted by molar-refractivity contribution is 7.92. The van der Waals surface area contributed by atoms with Gasteiger partial charge in [0.2, 0.25) is 10.0 Å². The Morgan fingerprint density at radius 3 is 2.74 bits per heavy atom. The van der Waals surface area contributed by atoms with Crippen LogP contribution in [-0.2, 0) is 26.0 Å². The summed E-state index contributed by atoms with van der Waals surface area (Å²) >= 11 is 0. The number of carbonyl (C=O) groups excluding carboxylic acids is 1. The van der Waals surface area contributed by atoms with Crippen molar-refractivity contribution in [1.29, 1.82) is 0 Å². The van der Waals surface area contributed by atoms with E-state index in [2.05, 4.69) is 15.0 Å². The van der Waals surface area contributed by atoms with Gasteiger partial charge in [0.15, 0.2) is 0 Å². The van der Waals surface area contributed by atoms with Crippen LogP contribution in [0.1, 0.15) is 29.8 Å². The summed E-state index contributed by atoms with van der Waals surface area (Å²) in [5, 5.41) is 14.5. The summed E-state index contributed by atoms with van der Waals surface area (Å²) in [6, 6.07) is 12.3. The molecule has 1 aromatic heterocycles. The lowest BCUT2D eigenvalue weighted by atomic mass is 10.1. The van der Waals surface area contributed by atoms with Crippen molar-refractivity contribution in [3.8, 4) is 5.75 Å². The predicted molar refractivity (Wildman–Crippen MR) is 132 cm³/mol. The average molecular weight is 490 g/mol. The topological polar surface area (TPSA) is 130 Å². The molecule has 1 heterocycles. The van der Waals surface area contributed by atoms with E-state index in [1.165, 1.54) is 0 Å². The molecule has 1 atom stereocenters. The lowest BCUT2D eigenvalue weighted by Gasteiger charge is -2.14. The highest BCUT2D eigenvalue weighted by Gasteiger charge is 2.14. The second kappa shape index (κ2) is 11.4. The number of ether oxygens (including phenoxy) is 2. The number of esters is 1. The third-order valence-corrected chi connectivity index (χ3v) is 5.78. The first-order valence-electron chi connectivity index (χ1n) is 11.0. The summed E-state index contributed by atoms with van der Waals surface area (Å²) < 4.78 is 36.0. The maximum atomic E-state index is 11.9. The third kappa shape index (κ3) is 7.21. The molecule has 0 saturated heterocycles. The van der Waals surface area contributed by atoms with Crippen molar-refractivity contribution >= 4 is 32.6 Å². The Morgan fingerprint density at radius 2 is 2.00 bits per heavy atom. The Balaban J connectivity index is 1.49. The monoisotopic (exact) mass is 489 g/mol. The fraction of sp³-hybridized carbons (Fsp3) is 0.375. The SMILES string of the molecule is CCOC(=O)Cc1c(C)[nH]c2cc(OCCNC[C@H](O)c3cccc(NS(C)(=O)=O)c3)ccc12. The van der Waals surface area contributed by atoms with E-state index >= 15 is 0 Å². The number of fused-ring (bicyclic) bond motifs is 1. The van der Waals surface area contributed by atoms with E-state index in [-0.39, 0.29) is 18.9 Å². The number of anilines is 1. The van der Waals surface area contributed by atoms with Crippen LogP contribution in [0.4, 0.5) is 5.69 Å². The molecule has 3 aromatic rings. The first-order valence-corrected chi connectivity index (χ1v) is 12.9. The maximum absolute atomic E-state index is 11.9. The Kier molecular flexibility index (Phi) is 8.54. The molecule has 3 rings (SSSR count). The van der Waals surface area contributed by atoms with Crippen LogP contribution < -0.4 is 14.8 Å². The van der Waals surface area contributed by atoms with Crippen molar-refractivity contribution in [3.05, 3.63) is 59.3 Å². The van der Waals surface area contributed by atoms with E-state index in [1.807, 2.05) is 25.1 Å². The molecule has 4 N–H and O–H groups in total. The molecule has 0 amide bonds. The van der Waals surface area contributed by atoms with Crippen molar-refractivity contribution in [2.75, 3.05) is 37.3 Å². The molecular formula is C24H31N3O6S. The van der Waals surface area contributed by atoms with Gasteiger partial charge in [0.05, 0.1) is 25.4 Å². The van der Waals surface area contributed by atoms with Crippen LogP contribution in [0.5, 0.6) is 5.75 Å². The van der Waals surface area contributed by atoms with Crippen molar-refractivity contribution in [2.45, 2.75) is 26.4 Å². The van der Waals surface area contributed by atoms with E-state index in [4.69, 9.17) is 9.47 Å². The zero-order chi connectivity index (χ0) is 24.7. The van der Waals surface area contributed by atoms with E-state index in [0.717, 1.165) is 28.4 Å². The number of sulfonamides is 1. The van der Waals surface area contributed by atoms with Gasteiger partial charge in [0, 0.05) is 41.4 Å². The highest BCUT2D eigenvalue weighted by Crippen LogP contribution is 2.27. The van der Waals surface area contributed by atoms with Gasteiger partial charge in [0.1, 0.15) is 12.4 Å². The van der Waals surface area contributed by atoms with Crippen LogP contribution in [0.15, 0.2) is 42.5 Å². The average Bonchev–Trinajstić information content (AvgIpc) is 3.06. The summed E-state index contributed by atoms with van der Waals surface area (Å²) in [4.78, 5) is 15.2. The van der Waals surface area contributed by atoms with Gasteiger partial charge < -0.3 is 24.9 Å². The van der Waals surface area contributed by atoms with Crippen molar-refractivity contribution in [3.63, 3.8) is 0 Å². The minimum absolute atomic E-state index is 0.222. The Morgan fingerprint density at radius 1 is 1.21 bits per heavy atom. The van der Waals surface area contributed by atoms with Crippen LogP contribution in [-0.4, -0.2) is 57.0 Å². The standard InChI is InChI=1S/C24H31N3O6S/c1-4-32-24(29)14-21-16(2)26-22-13-19(8-9-20(21)22)33-11-10-25-15-23(28)17-6-5-7-18(12-17)27-34(3,30)31/h5-9,12-13,23,25-28H,4,10-11,14-15H2,1-3H3/t23-/m0/s1. The van der Waals surface area contributed by atoms with Crippen LogP contribution >= 0.6 is 0 Å². The third-order valence-electron chi connectivity index (χ3n) is 5.18. The molecule has 0 aliphatic rings. The molecule has 10 heteroatoms. The molecule has 0 aliphatic heterocycles. The summed E-state index contributed by atoms with van der Waals surface area (Å²) in [6.07, 6.45) is 0.506. The van der Waals surface area contributed by atoms with E-state index < -0.39 is 16.1 Å². The molecule has 0 spiro atoms. The lowest BCUT2D eigenvalue weighted by molar-refractivity contribution is -0.142. The number of benzene rings is 2. The van der Waals surface area contributed by atoms with E-state index in [1.54, 1.807) is 31.2 Å². The number of H-pyrrole nitrogens is 1. The molecule has 34 heavy (non-hydrogen) atoms. The molecule has 2 aromatic carbocycles. The Bertz CT molecular complexity index is 1240. The quantitative estimate of drug-likeness (QED) is 0.227. The first kappa shape index (κ1) is 25.5. The van der Waals surface area contributed by atoms with Crippen LogP contribution in [0.2, 0.25) is 0 Å².